The van der Waals surface area contributed by atoms with Gasteiger partial charge in [-0.3, -0.25) is 0 Å². The van der Waals surface area contributed by atoms with Gasteiger partial charge in [0, 0.05) is 33.4 Å². The van der Waals surface area contributed by atoms with Crippen LogP contribution in [0.5, 0.6) is 0 Å². The summed E-state index contributed by atoms with van der Waals surface area (Å²) in [6.45, 7) is 0. The van der Waals surface area contributed by atoms with Gasteiger partial charge < -0.3 is 9.13 Å². The molecule has 0 atom stereocenters. The largest absolute Gasteiger partial charge is 0.309 e. The third-order valence-electron chi connectivity index (χ3n) is 10.5. The van der Waals surface area contributed by atoms with E-state index >= 15 is 0 Å². The lowest BCUT2D eigenvalue weighted by molar-refractivity contribution is 0.584. The third kappa shape index (κ3) is 5.14. The fourth-order valence-electron chi connectivity index (χ4n) is 8.22. The molecule has 53 heavy (non-hydrogen) atoms. The molecule has 0 saturated carbocycles. The Morgan fingerprint density at radius 1 is 0.415 bits per heavy atom. The Morgan fingerprint density at radius 2 is 0.887 bits per heavy atom. The number of fused-ring (bicyclic) bond motifs is 6. The van der Waals surface area contributed by atoms with Gasteiger partial charge in [0.15, 0.2) is 0 Å². The maximum absolute atomic E-state index is 14.8. The Morgan fingerprint density at radius 3 is 1.51 bits per heavy atom. The number of allylic oxidation sites excluding steroid dienone is 3. The molecular formula is C49H32F2N2. The van der Waals surface area contributed by atoms with Gasteiger partial charge in [-0.2, -0.15) is 0 Å². The van der Waals surface area contributed by atoms with Crippen LogP contribution in [0.1, 0.15) is 11.3 Å². The highest BCUT2D eigenvalue weighted by atomic mass is 19.1. The van der Waals surface area contributed by atoms with E-state index in [1.807, 2.05) is 0 Å². The predicted molar refractivity (Wildman–Crippen MR) is 216 cm³/mol. The first-order chi connectivity index (χ1) is 26.1. The maximum atomic E-state index is 14.8. The fraction of sp³-hybridized carbons (Fsp3) is 0.0204. The lowest BCUT2D eigenvalue weighted by Crippen LogP contribution is -2.01. The molecule has 2 nitrogen and oxygen atoms in total. The molecule has 7 aromatic carbocycles. The molecule has 0 bridgehead atoms. The van der Waals surface area contributed by atoms with Crippen molar-refractivity contribution < 1.29 is 8.78 Å². The van der Waals surface area contributed by atoms with Gasteiger partial charge in [-0.1, -0.05) is 109 Å². The summed E-state index contributed by atoms with van der Waals surface area (Å²) in [6.07, 6.45) is 9.44. The average Bonchev–Trinajstić information content (AvgIpc) is 3.57. The maximum Gasteiger partial charge on any atom is 0.126 e. The zero-order valence-corrected chi connectivity index (χ0v) is 28.7. The Hall–Kier alpha value is -6.78. The highest BCUT2D eigenvalue weighted by molar-refractivity contribution is 6.09. The Labute approximate surface area is 305 Å². The third-order valence-corrected chi connectivity index (χ3v) is 10.5. The van der Waals surface area contributed by atoms with Crippen LogP contribution in [0.4, 0.5) is 8.78 Å². The molecule has 4 heteroatoms. The van der Waals surface area contributed by atoms with Crippen LogP contribution in [0.15, 0.2) is 176 Å². The molecular weight excluding hydrogens is 655 g/mol. The van der Waals surface area contributed by atoms with E-state index in [2.05, 4.69) is 173 Å². The minimum absolute atomic E-state index is 0.478. The number of rotatable bonds is 5. The van der Waals surface area contributed by atoms with Crippen LogP contribution in [0, 0.1) is 11.6 Å². The highest BCUT2D eigenvalue weighted by Crippen LogP contribution is 2.42. The van der Waals surface area contributed by atoms with Crippen molar-refractivity contribution >= 4 is 38.8 Å². The number of para-hydroxylation sites is 5. The van der Waals surface area contributed by atoms with E-state index in [-0.39, 0.29) is 0 Å². The molecule has 2 aromatic heterocycles. The summed E-state index contributed by atoms with van der Waals surface area (Å²) in [5.41, 5.74) is 12.9. The van der Waals surface area contributed by atoms with E-state index in [4.69, 9.17) is 0 Å². The molecule has 0 radical (unpaired) electrons. The van der Waals surface area contributed by atoms with Crippen molar-refractivity contribution in [1.82, 2.24) is 9.13 Å². The topological polar surface area (TPSA) is 9.86 Å². The summed E-state index contributed by atoms with van der Waals surface area (Å²) in [5, 5.41) is 3.58. The fourth-order valence-corrected chi connectivity index (χ4v) is 8.22. The molecule has 1 aliphatic rings. The van der Waals surface area contributed by atoms with Gasteiger partial charge in [0.25, 0.3) is 0 Å². The van der Waals surface area contributed by atoms with Crippen molar-refractivity contribution in [2.24, 2.45) is 0 Å². The normalized spacial score (nSPS) is 12.5. The molecule has 0 N–H and O–H groups in total. The van der Waals surface area contributed by atoms with Crippen molar-refractivity contribution in [1.29, 1.82) is 0 Å². The van der Waals surface area contributed by atoms with Crippen molar-refractivity contribution in [3.63, 3.8) is 0 Å². The average molecular weight is 687 g/mol. The second-order valence-electron chi connectivity index (χ2n) is 13.6. The first-order valence-corrected chi connectivity index (χ1v) is 17.9. The van der Waals surface area contributed by atoms with Gasteiger partial charge >= 0.3 is 0 Å². The van der Waals surface area contributed by atoms with Crippen LogP contribution >= 0.6 is 0 Å². The summed E-state index contributed by atoms with van der Waals surface area (Å²) in [5.74, 6) is -1.22. The van der Waals surface area contributed by atoms with Gasteiger partial charge in [0.2, 0.25) is 0 Å². The van der Waals surface area contributed by atoms with Crippen molar-refractivity contribution in [2.45, 2.75) is 6.42 Å². The van der Waals surface area contributed by atoms with Crippen LogP contribution in [0.25, 0.3) is 83.5 Å². The number of aromatic nitrogens is 2. The molecule has 10 rings (SSSR count). The van der Waals surface area contributed by atoms with E-state index in [0.29, 0.717) is 5.56 Å². The lowest BCUT2D eigenvalue weighted by atomic mass is 9.92. The quantitative estimate of drug-likeness (QED) is 0.171. The lowest BCUT2D eigenvalue weighted by Gasteiger charge is -2.19. The number of benzene rings is 7. The zero-order chi connectivity index (χ0) is 35.5. The second kappa shape index (κ2) is 12.5. The van der Waals surface area contributed by atoms with Gasteiger partial charge in [0.05, 0.1) is 33.6 Å². The molecule has 0 unspecified atom stereocenters. The van der Waals surface area contributed by atoms with Gasteiger partial charge in [-0.15, -0.1) is 0 Å². The Balaban J connectivity index is 1.25. The number of nitrogens with zero attached hydrogens (tertiary/aromatic N) is 2. The van der Waals surface area contributed by atoms with Crippen LogP contribution in [0.2, 0.25) is 0 Å². The first kappa shape index (κ1) is 31.0. The molecule has 0 saturated heterocycles. The number of hydrogen-bond acceptors (Lipinski definition) is 0. The summed E-state index contributed by atoms with van der Waals surface area (Å²) in [7, 11) is 0. The minimum atomic E-state index is -0.611. The Kier molecular flexibility index (Phi) is 7.29. The van der Waals surface area contributed by atoms with Gasteiger partial charge in [-0.05, 0) is 101 Å². The van der Waals surface area contributed by atoms with Crippen LogP contribution in [-0.2, 0) is 6.42 Å². The van der Waals surface area contributed by atoms with E-state index < -0.39 is 11.6 Å². The zero-order valence-electron chi connectivity index (χ0n) is 28.7. The molecule has 252 valence electrons. The second-order valence-corrected chi connectivity index (χ2v) is 13.6. The molecule has 0 spiro atoms. The smallest absolute Gasteiger partial charge is 0.126 e. The molecule has 2 heterocycles. The molecule has 9 aromatic rings. The predicted octanol–water partition coefficient (Wildman–Crippen LogP) is 13.1. The Bertz CT molecular complexity index is 2880. The van der Waals surface area contributed by atoms with E-state index in [1.54, 1.807) is 0 Å². The van der Waals surface area contributed by atoms with Gasteiger partial charge in [0.1, 0.15) is 11.6 Å². The standard InChI is InChI=1S/C49H32F2N2/c50-36-29-33(30-37(51)31-36)32-26-34(38-14-4-9-21-44(38)52-46-20-3-1-2-16-40(46)41-17-6-11-23-47(41)52)28-35(27-32)39-15-5-10-22-45(39)53-48-24-12-7-18-42(48)43-19-8-13-25-49(43)53/h1-15,17-31H,16H2. The van der Waals surface area contributed by atoms with E-state index in [0.717, 1.165) is 73.9 Å². The van der Waals surface area contributed by atoms with Crippen molar-refractivity contribution in [2.75, 3.05) is 0 Å². The van der Waals surface area contributed by atoms with Crippen LogP contribution in [-0.4, -0.2) is 9.13 Å². The summed E-state index contributed by atoms with van der Waals surface area (Å²) >= 11 is 0. The highest BCUT2D eigenvalue weighted by Gasteiger charge is 2.21. The van der Waals surface area contributed by atoms with E-state index in [9.17, 15) is 8.78 Å². The minimum Gasteiger partial charge on any atom is -0.309 e. The molecule has 0 amide bonds. The summed E-state index contributed by atoms with van der Waals surface area (Å²) < 4.78 is 34.4. The van der Waals surface area contributed by atoms with Crippen molar-refractivity contribution in [3.8, 4) is 44.8 Å². The van der Waals surface area contributed by atoms with Gasteiger partial charge in [-0.25, -0.2) is 8.78 Å². The molecule has 0 aliphatic heterocycles. The molecule has 0 fully saturated rings. The number of hydrogen-bond donors (Lipinski definition) is 0. The monoisotopic (exact) mass is 686 g/mol. The summed E-state index contributed by atoms with van der Waals surface area (Å²) in [6, 6.07) is 52.4. The number of halogens is 2. The van der Waals surface area contributed by atoms with E-state index in [1.165, 1.54) is 33.9 Å². The van der Waals surface area contributed by atoms with Crippen LogP contribution < -0.4 is 0 Å². The van der Waals surface area contributed by atoms with Crippen LogP contribution in [0.3, 0.4) is 0 Å². The SMILES string of the molecule is Fc1cc(F)cc(-c2cc(-c3ccccc3-n3c4c(c5ccccc53)CC=CC=C4)cc(-c3ccccc3-n3c4ccccc4c4ccccc43)c2)c1. The first-order valence-electron chi connectivity index (χ1n) is 17.9. The summed E-state index contributed by atoms with van der Waals surface area (Å²) in [4.78, 5) is 0. The van der Waals surface area contributed by atoms with Crippen molar-refractivity contribution in [3.05, 3.63) is 199 Å². The molecule has 1 aliphatic carbocycles.